The first-order valence-corrected chi connectivity index (χ1v) is 19.0. The van der Waals surface area contributed by atoms with Gasteiger partial charge in [0, 0.05) is 44.9 Å². The number of carbonyl (C=O) groups excluding carboxylic acids is 4. The van der Waals surface area contributed by atoms with Gasteiger partial charge < -0.3 is 28.8 Å². The van der Waals surface area contributed by atoms with Crippen molar-refractivity contribution in [1.29, 1.82) is 0 Å². The van der Waals surface area contributed by atoms with E-state index in [4.69, 9.17) is 23.7 Å². The minimum atomic E-state index is -1.32. The van der Waals surface area contributed by atoms with Crippen LogP contribution in [0.2, 0.25) is 0 Å². The third kappa shape index (κ3) is 7.13. The molecule has 0 saturated heterocycles. The van der Waals surface area contributed by atoms with Gasteiger partial charge in [0.05, 0.1) is 24.2 Å². The van der Waals surface area contributed by atoms with Crippen molar-refractivity contribution in [3.8, 4) is 0 Å². The summed E-state index contributed by atoms with van der Waals surface area (Å²) < 4.78 is 31.0. The highest BCUT2D eigenvalue weighted by Crippen LogP contribution is 2.72. The molecule has 0 spiro atoms. The average molecular weight is 735 g/mol. The van der Waals surface area contributed by atoms with Crippen LogP contribution in [-0.2, 0) is 55.7 Å². The highest BCUT2D eigenvalue weighted by Gasteiger charge is 2.76. The quantitative estimate of drug-likeness (QED) is 0.154. The number of hydrogen-bond acceptors (Lipinski definition) is 10. The molecule has 10 heteroatoms. The standard InChI is InChI=1S/C43H58O10/c1-10-11-15-32-16-12-13-17-33(32)19-22-43(48)26(2)24-36(51-29(5)45)41(9)35(43)20-21-40(8)34-18-14-23-49-25-42(34,27(3)50-28(4)44)39(53-31(7)47)37(38(40)41)52-30(6)46/h10,12-14,16-18,24,27,34-39,48H,1,11,15,19-23,25H2,2-9H3/t27?,34?,35?,36-,37+,38?,39+,40+,41-,42-,43+/m1/s1. The van der Waals surface area contributed by atoms with Gasteiger partial charge in [-0.25, -0.2) is 0 Å². The third-order valence-corrected chi connectivity index (χ3v) is 13.2. The first-order chi connectivity index (χ1) is 25.0. The number of hydrogen-bond donors (Lipinski definition) is 1. The van der Waals surface area contributed by atoms with Gasteiger partial charge in [0.2, 0.25) is 0 Å². The Kier molecular flexibility index (Phi) is 11.9. The van der Waals surface area contributed by atoms with E-state index in [1.54, 1.807) is 6.92 Å². The monoisotopic (exact) mass is 734 g/mol. The van der Waals surface area contributed by atoms with Crippen LogP contribution in [0.25, 0.3) is 0 Å². The van der Waals surface area contributed by atoms with Crippen LogP contribution in [0.3, 0.4) is 0 Å². The molecule has 4 aliphatic rings. The smallest absolute Gasteiger partial charge is 0.303 e. The molecule has 290 valence electrons. The summed E-state index contributed by atoms with van der Waals surface area (Å²) in [6.07, 6.45) is 7.75. The molecule has 2 fully saturated rings. The van der Waals surface area contributed by atoms with Gasteiger partial charge in [0.1, 0.15) is 18.3 Å². The summed E-state index contributed by atoms with van der Waals surface area (Å²) in [5.41, 5.74) is -1.17. The maximum atomic E-state index is 13.2. The lowest BCUT2D eigenvalue weighted by molar-refractivity contribution is -0.304. The van der Waals surface area contributed by atoms with Crippen LogP contribution in [0, 0.1) is 34.0 Å². The number of rotatable bonds is 11. The maximum absolute atomic E-state index is 13.2. The zero-order chi connectivity index (χ0) is 38.9. The van der Waals surface area contributed by atoms with Crippen molar-refractivity contribution in [3.05, 3.63) is 71.8 Å². The molecule has 2 saturated carbocycles. The summed E-state index contributed by atoms with van der Waals surface area (Å²) in [5, 5.41) is 13.1. The average Bonchev–Trinajstić information content (AvgIpc) is 3.31. The Labute approximate surface area is 314 Å². The van der Waals surface area contributed by atoms with Crippen molar-refractivity contribution >= 4 is 23.9 Å². The van der Waals surface area contributed by atoms with Crippen LogP contribution >= 0.6 is 0 Å². The normalized spacial score (nSPS) is 36.6. The van der Waals surface area contributed by atoms with E-state index in [0.29, 0.717) is 25.7 Å². The number of allylic oxidation sites excluding steroid dienone is 2. The number of benzene rings is 1. The maximum Gasteiger partial charge on any atom is 0.303 e. The zero-order valence-corrected chi connectivity index (χ0v) is 32.6. The molecule has 53 heavy (non-hydrogen) atoms. The number of carbonyl (C=O) groups is 4. The predicted molar refractivity (Wildman–Crippen MR) is 198 cm³/mol. The summed E-state index contributed by atoms with van der Waals surface area (Å²) in [6.45, 7) is 17.4. The molecule has 5 rings (SSSR count). The molecule has 1 aromatic carbocycles. The number of fused-ring (bicyclic) bond motifs is 5. The number of aryl methyl sites for hydroxylation is 2. The summed E-state index contributed by atoms with van der Waals surface area (Å²) in [4.78, 5) is 51.8. The molecule has 0 bridgehead atoms. The van der Waals surface area contributed by atoms with E-state index in [9.17, 15) is 24.3 Å². The second-order valence-electron chi connectivity index (χ2n) is 16.2. The Balaban J connectivity index is 1.74. The van der Waals surface area contributed by atoms with E-state index >= 15 is 0 Å². The van der Waals surface area contributed by atoms with E-state index in [2.05, 4.69) is 31.7 Å². The molecule has 4 unspecified atom stereocenters. The minimum Gasteiger partial charge on any atom is -0.462 e. The number of ether oxygens (including phenoxy) is 5. The fourth-order valence-corrected chi connectivity index (χ4v) is 11.2. The molecule has 0 amide bonds. The molecular formula is C43H58O10. The van der Waals surface area contributed by atoms with E-state index in [0.717, 1.165) is 24.0 Å². The van der Waals surface area contributed by atoms with Gasteiger partial charge in [0.15, 0.2) is 6.10 Å². The molecule has 1 heterocycles. The van der Waals surface area contributed by atoms with Crippen molar-refractivity contribution in [2.24, 2.45) is 34.0 Å². The molecule has 1 aliphatic heterocycles. The number of aliphatic hydroxyl groups is 1. The largest absolute Gasteiger partial charge is 0.462 e. The molecule has 3 aliphatic carbocycles. The Morgan fingerprint density at radius 1 is 0.981 bits per heavy atom. The highest BCUT2D eigenvalue weighted by atomic mass is 16.6. The number of esters is 4. The van der Waals surface area contributed by atoms with Crippen LogP contribution in [0.1, 0.15) is 92.2 Å². The van der Waals surface area contributed by atoms with Gasteiger partial charge in [-0.15, -0.1) is 6.58 Å². The molecule has 1 N–H and O–H groups in total. The summed E-state index contributed by atoms with van der Waals surface area (Å²) in [5.74, 6) is -3.67. The van der Waals surface area contributed by atoms with Crippen LogP contribution in [0.4, 0.5) is 0 Å². The summed E-state index contributed by atoms with van der Waals surface area (Å²) in [6, 6.07) is 8.26. The van der Waals surface area contributed by atoms with Gasteiger partial charge in [0.25, 0.3) is 0 Å². The second kappa shape index (κ2) is 15.5. The lowest BCUT2D eigenvalue weighted by atomic mass is 9.35. The predicted octanol–water partition coefficient (Wildman–Crippen LogP) is 6.42. The zero-order valence-electron chi connectivity index (χ0n) is 32.6. The van der Waals surface area contributed by atoms with Gasteiger partial charge in [-0.05, 0) is 86.5 Å². The lowest BCUT2D eigenvalue weighted by Gasteiger charge is -2.71. The van der Waals surface area contributed by atoms with Crippen LogP contribution in [0.15, 0.2) is 60.7 Å². The van der Waals surface area contributed by atoms with Crippen molar-refractivity contribution in [1.82, 2.24) is 0 Å². The summed E-state index contributed by atoms with van der Waals surface area (Å²) in [7, 11) is 0. The van der Waals surface area contributed by atoms with E-state index < -0.39 is 87.9 Å². The molecule has 11 atom stereocenters. The van der Waals surface area contributed by atoms with Crippen LogP contribution in [-0.4, -0.2) is 72.2 Å². The van der Waals surface area contributed by atoms with Crippen molar-refractivity contribution < 1.29 is 48.0 Å². The minimum absolute atomic E-state index is 0.0544. The van der Waals surface area contributed by atoms with Crippen molar-refractivity contribution in [3.63, 3.8) is 0 Å². The Morgan fingerprint density at radius 3 is 2.23 bits per heavy atom. The molecule has 1 aromatic rings. The second-order valence-corrected chi connectivity index (χ2v) is 16.2. The van der Waals surface area contributed by atoms with Crippen LogP contribution in [0.5, 0.6) is 0 Å². The van der Waals surface area contributed by atoms with Gasteiger partial charge in [-0.3, -0.25) is 19.2 Å². The van der Waals surface area contributed by atoms with Gasteiger partial charge in [-0.1, -0.05) is 56.3 Å². The van der Waals surface area contributed by atoms with Crippen LogP contribution < -0.4 is 0 Å². The van der Waals surface area contributed by atoms with Crippen molar-refractivity contribution in [2.75, 3.05) is 13.2 Å². The van der Waals surface area contributed by atoms with E-state index in [-0.39, 0.29) is 13.2 Å². The highest BCUT2D eigenvalue weighted by molar-refractivity contribution is 5.68. The Hall–Kier alpha value is -3.76. The molecular weight excluding hydrogens is 676 g/mol. The molecule has 0 aromatic heterocycles. The lowest BCUT2D eigenvalue weighted by Crippen LogP contribution is -2.76. The summed E-state index contributed by atoms with van der Waals surface area (Å²) >= 11 is 0. The first kappa shape index (κ1) is 40.4. The first-order valence-electron chi connectivity index (χ1n) is 19.0. The Bertz CT molecular complexity index is 1650. The Morgan fingerprint density at radius 2 is 1.62 bits per heavy atom. The van der Waals surface area contributed by atoms with Crippen molar-refractivity contribution in [2.45, 2.75) is 124 Å². The fourth-order valence-electron chi connectivity index (χ4n) is 11.2. The fraction of sp³-hybridized carbons (Fsp3) is 0.628. The van der Waals surface area contributed by atoms with Gasteiger partial charge >= 0.3 is 23.9 Å². The van der Waals surface area contributed by atoms with E-state index in [1.165, 1.54) is 33.3 Å². The molecule has 10 nitrogen and oxygen atoms in total. The van der Waals surface area contributed by atoms with E-state index in [1.807, 2.05) is 44.2 Å². The molecule has 0 radical (unpaired) electrons. The SMILES string of the molecule is C=CCCc1ccccc1CC[C@]1(O)C(C)=C[C@@H](OC(C)=O)[C@]2(C)C3[C@H](OC(C)=O)[C@H](OC(C)=O)[C@@]4(C(C)OC(C)=O)COCC=CC4[C@]3(C)CCC21. The third-order valence-electron chi connectivity index (χ3n) is 13.2. The van der Waals surface area contributed by atoms with Gasteiger partial charge in [-0.2, -0.15) is 0 Å². The topological polar surface area (TPSA) is 135 Å².